The molecule has 0 saturated heterocycles. The van der Waals surface area contributed by atoms with Crippen molar-refractivity contribution in [3.63, 3.8) is 0 Å². The molecule has 3 nitrogen and oxygen atoms in total. The van der Waals surface area contributed by atoms with E-state index in [0.717, 1.165) is 44.3 Å². The van der Waals surface area contributed by atoms with E-state index in [1.807, 2.05) is 4.90 Å². The van der Waals surface area contributed by atoms with Gasteiger partial charge in [0, 0.05) is 13.7 Å². The Labute approximate surface area is 134 Å². The first-order valence-corrected chi connectivity index (χ1v) is 8.57. The van der Waals surface area contributed by atoms with E-state index in [1.165, 1.54) is 28.7 Å². The van der Waals surface area contributed by atoms with Crippen LogP contribution in [-0.2, 0) is 28.8 Å². The molecule has 2 rings (SSSR count). The molecule has 0 aliphatic carbocycles. The second-order valence-corrected chi connectivity index (χ2v) is 6.23. The first-order chi connectivity index (χ1) is 10.6. The van der Waals surface area contributed by atoms with Gasteiger partial charge in [-0.2, -0.15) is 0 Å². The van der Waals surface area contributed by atoms with Crippen LogP contribution >= 0.6 is 0 Å². The predicted octanol–water partition coefficient (Wildman–Crippen LogP) is 3.83. The van der Waals surface area contributed by atoms with E-state index in [2.05, 4.69) is 26.8 Å². The van der Waals surface area contributed by atoms with Gasteiger partial charge in [0.2, 0.25) is 0 Å². The van der Waals surface area contributed by atoms with E-state index in [0.29, 0.717) is 0 Å². The molecule has 1 aromatic carbocycles. The number of methoxy groups -OCH3 is 1. The summed E-state index contributed by atoms with van der Waals surface area (Å²) in [4.78, 5) is 14.3. The highest BCUT2D eigenvalue weighted by Crippen LogP contribution is 2.36. The van der Waals surface area contributed by atoms with Crippen molar-refractivity contribution in [2.24, 2.45) is 0 Å². The Bertz CT molecular complexity index is 537. The molecule has 0 spiro atoms. The van der Waals surface area contributed by atoms with Gasteiger partial charge in [-0.15, -0.1) is 0 Å². The van der Waals surface area contributed by atoms with E-state index in [1.54, 1.807) is 7.11 Å². The summed E-state index contributed by atoms with van der Waals surface area (Å²) in [6.45, 7) is 7.64. The molecule has 0 bridgehead atoms. The Balaban J connectivity index is 2.50. The first kappa shape index (κ1) is 17.0. The lowest BCUT2D eigenvalue weighted by Crippen LogP contribution is -2.38. The molecule has 122 valence electrons. The first-order valence-electron chi connectivity index (χ1n) is 8.57. The minimum atomic E-state index is 0.0808. The Kier molecular flexibility index (Phi) is 6.01. The number of fused-ring (bicyclic) bond motifs is 1. The van der Waals surface area contributed by atoms with Crippen LogP contribution in [0.2, 0.25) is 0 Å². The molecule has 1 amide bonds. The standard InChI is InChI=1S/C19H29NO2/c1-5-8-15-12-16-10-7-11-20(18(21)13-22-4)19(16)14(3)17(15)9-6-2/h12H,5-11,13H2,1-4H3. The second-order valence-electron chi connectivity index (χ2n) is 6.23. The van der Waals surface area contributed by atoms with Gasteiger partial charge in [0.15, 0.2) is 0 Å². The zero-order valence-electron chi connectivity index (χ0n) is 14.5. The second kappa shape index (κ2) is 7.77. The highest BCUT2D eigenvalue weighted by Gasteiger charge is 2.26. The number of ether oxygens (including phenoxy) is 1. The van der Waals surface area contributed by atoms with E-state index in [4.69, 9.17) is 4.74 Å². The number of carbonyl (C=O) groups excluding carboxylic acids is 1. The van der Waals surface area contributed by atoms with Gasteiger partial charge in [-0.25, -0.2) is 0 Å². The summed E-state index contributed by atoms with van der Waals surface area (Å²) in [6, 6.07) is 2.36. The van der Waals surface area contributed by atoms with Gasteiger partial charge in [-0.1, -0.05) is 32.8 Å². The van der Waals surface area contributed by atoms with Crippen LogP contribution in [0, 0.1) is 6.92 Å². The molecule has 0 aromatic heterocycles. The monoisotopic (exact) mass is 303 g/mol. The van der Waals surface area contributed by atoms with Crippen LogP contribution in [0.25, 0.3) is 0 Å². The largest absolute Gasteiger partial charge is 0.375 e. The zero-order valence-corrected chi connectivity index (χ0v) is 14.5. The lowest BCUT2D eigenvalue weighted by molar-refractivity contribution is -0.122. The molecule has 0 fully saturated rings. The molecule has 22 heavy (non-hydrogen) atoms. The van der Waals surface area contributed by atoms with Crippen molar-refractivity contribution in [1.82, 2.24) is 0 Å². The molecule has 0 saturated carbocycles. The third-order valence-corrected chi connectivity index (χ3v) is 4.53. The van der Waals surface area contributed by atoms with Gasteiger partial charge in [0.25, 0.3) is 5.91 Å². The van der Waals surface area contributed by atoms with Crippen LogP contribution in [0.5, 0.6) is 0 Å². The molecular weight excluding hydrogens is 274 g/mol. The van der Waals surface area contributed by atoms with Crippen molar-refractivity contribution in [3.05, 3.63) is 28.3 Å². The zero-order chi connectivity index (χ0) is 16.1. The van der Waals surface area contributed by atoms with Crippen LogP contribution in [0.4, 0.5) is 5.69 Å². The number of benzene rings is 1. The fourth-order valence-corrected chi connectivity index (χ4v) is 3.64. The molecule has 0 unspecified atom stereocenters. The highest BCUT2D eigenvalue weighted by molar-refractivity contribution is 5.96. The summed E-state index contributed by atoms with van der Waals surface area (Å²) in [7, 11) is 1.59. The number of amides is 1. The van der Waals surface area contributed by atoms with Crippen molar-refractivity contribution < 1.29 is 9.53 Å². The van der Waals surface area contributed by atoms with Gasteiger partial charge in [-0.3, -0.25) is 4.79 Å². The summed E-state index contributed by atoms with van der Waals surface area (Å²) in [5, 5.41) is 0. The van der Waals surface area contributed by atoms with Crippen LogP contribution in [0.1, 0.15) is 55.4 Å². The van der Waals surface area contributed by atoms with E-state index >= 15 is 0 Å². The van der Waals surface area contributed by atoms with Crippen molar-refractivity contribution >= 4 is 11.6 Å². The molecule has 1 aliphatic heterocycles. The van der Waals surface area contributed by atoms with Crippen LogP contribution < -0.4 is 4.90 Å². The van der Waals surface area contributed by atoms with Crippen molar-refractivity contribution in [2.45, 2.75) is 59.3 Å². The molecule has 1 heterocycles. The maximum Gasteiger partial charge on any atom is 0.252 e. The molecule has 0 N–H and O–H groups in total. The summed E-state index contributed by atoms with van der Waals surface area (Å²) in [6.07, 6.45) is 6.66. The Morgan fingerprint density at radius 1 is 1.27 bits per heavy atom. The highest BCUT2D eigenvalue weighted by atomic mass is 16.5. The lowest BCUT2D eigenvalue weighted by atomic mass is 9.87. The summed E-state index contributed by atoms with van der Waals surface area (Å²) in [5.74, 6) is 0.0808. The van der Waals surface area contributed by atoms with Gasteiger partial charge < -0.3 is 9.64 Å². The Hall–Kier alpha value is -1.35. The topological polar surface area (TPSA) is 29.5 Å². The number of carbonyl (C=O) groups is 1. The number of hydrogen-bond donors (Lipinski definition) is 0. The third-order valence-electron chi connectivity index (χ3n) is 4.53. The van der Waals surface area contributed by atoms with Gasteiger partial charge in [-0.05, 0) is 54.9 Å². The van der Waals surface area contributed by atoms with Crippen molar-refractivity contribution in [2.75, 3.05) is 25.2 Å². The molecule has 0 radical (unpaired) electrons. The summed E-state index contributed by atoms with van der Waals surface area (Å²) in [5.41, 5.74) is 6.77. The van der Waals surface area contributed by atoms with E-state index < -0.39 is 0 Å². The lowest BCUT2D eigenvalue weighted by Gasteiger charge is -2.33. The smallest absolute Gasteiger partial charge is 0.252 e. The number of hydrogen-bond acceptors (Lipinski definition) is 2. The fourth-order valence-electron chi connectivity index (χ4n) is 3.64. The normalized spacial score (nSPS) is 14.1. The number of nitrogens with zero attached hydrogens (tertiary/aromatic N) is 1. The Morgan fingerprint density at radius 2 is 2.00 bits per heavy atom. The SMILES string of the molecule is CCCc1cc2c(c(C)c1CCC)N(C(=O)COC)CCC2. The van der Waals surface area contributed by atoms with Gasteiger partial charge in [0.1, 0.15) is 6.61 Å². The van der Waals surface area contributed by atoms with Crippen LogP contribution in [0.15, 0.2) is 6.07 Å². The van der Waals surface area contributed by atoms with Crippen molar-refractivity contribution in [1.29, 1.82) is 0 Å². The molecule has 3 heteroatoms. The van der Waals surface area contributed by atoms with Gasteiger partial charge >= 0.3 is 0 Å². The van der Waals surface area contributed by atoms with Gasteiger partial charge in [0.05, 0.1) is 5.69 Å². The summed E-state index contributed by atoms with van der Waals surface area (Å²) < 4.78 is 5.06. The third kappa shape index (κ3) is 3.35. The molecule has 1 aliphatic rings. The predicted molar refractivity (Wildman–Crippen MR) is 91.7 cm³/mol. The quantitative estimate of drug-likeness (QED) is 0.799. The molecular formula is C19H29NO2. The van der Waals surface area contributed by atoms with Crippen LogP contribution in [-0.4, -0.2) is 26.2 Å². The number of anilines is 1. The number of rotatable bonds is 6. The average molecular weight is 303 g/mol. The number of aryl methyl sites for hydroxylation is 2. The minimum absolute atomic E-state index is 0.0808. The summed E-state index contributed by atoms with van der Waals surface area (Å²) >= 11 is 0. The minimum Gasteiger partial charge on any atom is -0.375 e. The average Bonchev–Trinajstić information content (AvgIpc) is 2.51. The Morgan fingerprint density at radius 3 is 2.64 bits per heavy atom. The molecule has 0 atom stereocenters. The molecule has 1 aromatic rings. The van der Waals surface area contributed by atoms with E-state index in [-0.39, 0.29) is 12.5 Å². The van der Waals surface area contributed by atoms with E-state index in [9.17, 15) is 4.79 Å². The van der Waals surface area contributed by atoms with Crippen LogP contribution in [0.3, 0.4) is 0 Å². The maximum absolute atomic E-state index is 12.4. The maximum atomic E-state index is 12.4. The fraction of sp³-hybridized carbons (Fsp3) is 0.632. The van der Waals surface area contributed by atoms with Crippen molar-refractivity contribution in [3.8, 4) is 0 Å².